The summed E-state index contributed by atoms with van der Waals surface area (Å²) < 4.78 is 0. The van der Waals surface area contributed by atoms with Crippen molar-refractivity contribution in [2.75, 3.05) is 0 Å². The molecule has 2 unspecified atom stereocenters. The summed E-state index contributed by atoms with van der Waals surface area (Å²) in [4.78, 5) is 87.6. The average molecular weight is 498 g/mol. The number of hydrogen-bond donors (Lipinski definition) is 10. The first-order valence-electron chi connectivity index (χ1n) is 8.58. The highest BCUT2D eigenvalue weighted by Crippen LogP contribution is 2.47. The Morgan fingerprint density at radius 3 is 0.529 bits per heavy atom. The van der Waals surface area contributed by atoms with Gasteiger partial charge in [-0.25, -0.2) is 9.59 Å². The summed E-state index contributed by atoms with van der Waals surface area (Å²) in [7, 11) is 0. The second-order valence-corrected chi connectivity index (χ2v) is 6.75. The van der Waals surface area contributed by atoms with Gasteiger partial charge in [0.2, 0.25) is 0 Å². The Labute approximate surface area is 185 Å². The van der Waals surface area contributed by atoms with Crippen molar-refractivity contribution in [3.05, 3.63) is 0 Å². The van der Waals surface area contributed by atoms with Gasteiger partial charge in [-0.15, -0.1) is 0 Å². The number of carboxylic acid groups (broad SMARTS) is 8. The van der Waals surface area contributed by atoms with Crippen molar-refractivity contribution < 1.29 is 89.4 Å². The molecular formula is C16H18O18. The predicted octanol–water partition coefficient (Wildman–Crippen LogP) is -3.92. The zero-order valence-corrected chi connectivity index (χ0v) is 16.4. The molecule has 0 aromatic heterocycles. The van der Waals surface area contributed by atoms with Crippen molar-refractivity contribution in [1.82, 2.24) is 0 Å². The van der Waals surface area contributed by atoms with Crippen molar-refractivity contribution in [2.24, 2.45) is 35.5 Å². The molecule has 2 atom stereocenters. The van der Waals surface area contributed by atoms with Crippen molar-refractivity contribution in [2.45, 2.75) is 12.2 Å². The molecule has 0 aromatic rings. The van der Waals surface area contributed by atoms with E-state index in [-0.39, 0.29) is 0 Å². The Morgan fingerprint density at radius 2 is 0.471 bits per heavy atom. The highest BCUT2D eigenvalue weighted by Gasteiger charge is 2.64. The molecule has 1 aliphatic rings. The normalized spacial score (nSPS) is 27.6. The van der Waals surface area contributed by atoms with Gasteiger partial charge >= 0.3 is 47.8 Å². The molecular weight excluding hydrogens is 480 g/mol. The van der Waals surface area contributed by atoms with Crippen LogP contribution in [0.3, 0.4) is 0 Å². The second kappa shape index (κ2) is 11.5. The lowest BCUT2D eigenvalue weighted by atomic mass is 9.56. The van der Waals surface area contributed by atoms with Crippen LogP contribution in [-0.4, -0.2) is 111 Å². The van der Waals surface area contributed by atoms with E-state index in [2.05, 4.69) is 0 Å². The zero-order valence-electron chi connectivity index (χ0n) is 16.4. The van der Waals surface area contributed by atoms with E-state index in [0.717, 1.165) is 0 Å². The molecule has 1 saturated carbocycles. The Kier molecular flexibility index (Phi) is 10.1. The number of aliphatic hydroxyl groups excluding tert-OH is 2. The minimum absolute atomic E-state index is 1.77. The van der Waals surface area contributed by atoms with E-state index in [9.17, 15) is 38.4 Å². The van der Waals surface area contributed by atoms with Gasteiger partial charge in [0.25, 0.3) is 0 Å². The third-order valence-corrected chi connectivity index (χ3v) is 4.84. The summed E-state index contributed by atoms with van der Waals surface area (Å²) in [5, 5.41) is 87.4. The average Bonchev–Trinajstić information content (AvgIpc) is 2.69. The van der Waals surface area contributed by atoms with Gasteiger partial charge in [-0.3, -0.25) is 28.8 Å². The summed E-state index contributed by atoms with van der Waals surface area (Å²) in [5.74, 6) is -30.4. The molecule has 0 heterocycles. The number of carbonyl (C=O) groups is 8. The molecule has 190 valence electrons. The molecule has 0 amide bonds. The lowest BCUT2D eigenvalue weighted by Crippen LogP contribution is -2.59. The number of aliphatic carboxylic acids is 8. The van der Waals surface area contributed by atoms with Crippen LogP contribution in [-0.2, 0) is 38.4 Å². The lowest BCUT2D eigenvalue weighted by Gasteiger charge is -2.42. The van der Waals surface area contributed by atoms with Gasteiger partial charge in [0, 0.05) is 0 Å². The smallest absolute Gasteiger partial charge is 0.335 e. The fourth-order valence-corrected chi connectivity index (χ4v) is 3.45. The first kappa shape index (κ1) is 29.7. The molecule has 1 aliphatic carbocycles. The van der Waals surface area contributed by atoms with Gasteiger partial charge in [0.1, 0.15) is 0 Å². The molecule has 0 spiro atoms. The number of rotatable bonds is 9. The second-order valence-electron chi connectivity index (χ2n) is 6.75. The first-order valence-corrected chi connectivity index (χ1v) is 8.58. The van der Waals surface area contributed by atoms with Gasteiger partial charge < -0.3 is 51.1 Å². The molecule has 0 aliphatic heterocycles. The van der Waals surface area contributed by atoms with Crippen LogP contribution in [0, 0.1) is 35.5 Å². The van der Waals surface area contributed by atoms with Crippen LogP contribution in [0.4, 0.5) is 0 Å². The predicted molar refractivity (Wildman–Crippen MR) is 94.0 cm³/mol. The third-order valence-electron chi connectivity index (χ3n) is 4.84. The largest absolute Gasteiger partial charge is 0.481 e. The molecule has 1 rings (SSSR count). The Hall–Kier alpha value is -4.32. The topological polar surface area (TPSA) is 339 Å². The molecule has 10 N–H and O–H groups in total. The van der Waals surface area contributed by atoms with Crippen molar-refractivity contribution in [3.63, 3.8) is 0 Å². The fourth-order valence-electron chi connectivity index (χ4n) is 3.45. The van der Waals surface area contributed by atoms with Crippen molar-refractivity contribution in [1.29, 1.82) is 0 Å². The van der Waals surface area contributed by atoms with Crippen LogP contribution in [0.25, 0.3) is 0 Å². The van der Waals surface area contributed by atoms with E-state index < -0.39 is 95.5 Å². The van der Waals surface area contributed by atoms with Gasteiger partial charge in [0.15, 0.2) is 12.2 Å². The highest BCUT2D eigenvalue weighted by molar-refractivity contribution is 5.96. The van der Waals surface area contributed by atoms with Gasteiger partial charge in [-0.2, -0.15) is 0 Å². The Balaban J connectivity index is 0.000000916. The van der Waals surface area contributed by atoms with Crippen LogP contribution in [0.2, 0.25) is 0 Å². The molecule has 0 saturated heterocycles. The summed E-state index contributed by atoms with van der Waals surface area (Å²) in [6.45, 7) is 0. The van der Waals surface area contributed by atoms with Gasteiger partial charge in [-0.1, -0.05) is 0 Å². The minimum atomic E-state index is -2.43. The van der Waals surface area contributed by atoms with Crippen LogP contribution in [0.5, 0.6) is 0 Å². The molecule has 0 bridgehead atoms. The Bertz CT molecular complexity index is 721. The Morgan fingerprint density at radius 1 is 0.353 bits per heavy atom. The molecule has 0 radical (unpaired) electrons. The standard InChI is InChI=1S/C12H12O12.C4H6O6/c13-7(14)1-2(8(15)16)4(10(19)20)6(12(23)24)5(11(21)22)3(1)9(17)18;5-1(3(7)8)2(6)4(9)10/h1-6H,(H,13,14)(H,15,16)(H,17,18)(H,19,20)(H,21,22)(H,23,24);1-2,5-6H,(H,7,8)(H,9,10). The first-order chi connectivity index (χ1) is 15.4. The maximum atomic E-state index is 11.3. The van der Waals surface area contributed by atoms with Crippen molar-refractivity contribution >= 4 is 47.8 Å². The minimum Gasteiger partial charge on any atom is -0.481 e. The number of hydrogen-bond acceptors (Lipinski definition) is 10. The van der Waals surface area contributed by atoms with E-state index in [0.29, 0.717) is 0 Å². The zero-order chi connectivity index (χ0) is 27.2. The van der Waals surface area contributed by atoms with Gasteiger partial charge in [0.05, 0.1) is 35.5 Å². The SMILES string of the molecule is O=C(O)C(O)C(O)C(=O)O.O=C(O)C1C(C(=O)O)C(C(=O)O)C(C(=O)O)C(C(=O)O)C1C(=O)O. The van der Waals surface area contributed by atoms with Crippen molar-refractivity contribution in [3.8, 4) is 0 Å². The van der Waals surface area contributed by atoms with Gasteiger partial charge in [-0.05, 0) is 0 Å². The third kappa shape index (κ3) is 6.36. The van der Waals surface area contributed by atoms with E-state index in [1.54, 1.807) is 0 Å². The van der Waals surface area contributed by atoms with E-state index >= 15 is 0 Å². The maximum absolute atomic E-state index is 11.3. The summed E-state index contributed by atoms with van der Waals surface area (Å²) in [5.41, 5.74) is 0. The van der Waals surface area contributed by atoms with Crippen LogP contribution in [0.1, 0.15) is 0 Å². The van der Waals surface area contributed by atoms with E-state index in [4.69, 9.17) is 51.1 Å². The molecule has 18 nitrogen and oxygen atoms in total. The van der Waals surface area contributed by atoms with E-state index in [1.807, 2.05) is 0 Å². The molecule has 0 aromatic carbocycles. The number of aliphatic hydroxyl groups is 2. The number of carboxylic acids is 8. The summed E-state index contributed by atoms with van der Waals surface area (Å²) in [6, 6.07) is 0. The van der Waals surface area contributed by atoms with E-state index in [1.165, 1.54) is 0 Å². The van der Waals surface area contributed by atoms with Crippen LogP contribution >= 0.6 is 0 Å². The van der Waals surface area contributed by atoms with Crippen LogP contribution < -0.4 is 0 Å². The maximum Gasteiger partial charge on any atom is 0.335 e. The summed E-state index contributed by atoms with van der Waals surface area (Å²) >= 11 is 0. The fraction of sp³-hybridized carbons (Fsp3) is 0.500. The summed E-state index contributed by atoms with van der Waals surface area (Å²) in [6.07, 6.45) is -4.53. The monoisotopic (exact) mass is 498 g/mol. The molecule has 34 heavy (non-hydrogen) atoms. The molecule has 18 heteroatoms. The molecule has 1 fully saturated rings. The lowest BCUT2D eigenvalue weighted by molar-refractivity contribution is -0.191. The quantitative estimate of drug-likeness (QED) is 0.145. The van der Waals surface area contributed by atoms with Crippen LogP contribution in [0.15, 0.2) is 0 Å². The highest BCUT2D eigenvalue weighted by atomic mass is 16.4.